The van der Waals surface area contributed by atoms with Crippen molar-refractivity contribution < 1.29 is 4.74 Å². The van der Waals surface area contributed by atoms with Crippen LogP contribution in [0.4, 0.5) is 0 Å². The Morgan fingerprint density at radius 2 is 1.68 bits per heavy atom. The van der Waals surface area contributed by atoms with E-state index in [-0.39, 0.29) is 5.57 Å². The second kappa shape index (κ2) is 6.61. The van der Waals surface area contributed by atoms with E-state index in [9.17, 15) is 0 Å². The molecule has 0 saturated carbocycles. The highest BCUT2D eigenvalue weighted by atomic mass is 16.5. The lowest BCUT2D eigenvalue weighted by atomic mass is 10.0. The zero-order chi connectivity index (χ0) is 16.1. The van der Waals surface area contributed by atoms with E-state index in [1.165, 1.54) is 5.56 Å². The van der Waals surface area contributed by atoms with Crippen molar-refractivity contribution in [1.82, 2.24) is 0 Å². The molecule has 0 saturated heterocycles. The second-order valence-corrected chi connectivity index (χ2v) is 5.16. The number of benzene rings is 1. The van der Waals surface area contributed by atoms with Crippen LogP contribution in [-0.2, 0) is 4.74 Å². The zero-order valence-corrected chi connectivity index (χ0v) is 12.8. The van der Waals surface area contributed by atoms with Gasteiger partial charge in [0.25, 0.3) is 0 Å². The van der Waals surface area contributed by atoms with Crippen LogP contribution < -0.4 is 0 Å². The zero-order valence-electron chi connectivity index (χ0n) is 12.8. The van der Waals surface area contributed by atoms with Crippen molar-refractivity contribution in [3.05, 3.63) is 75.8 Å². The molecule has 22 heavy (non-hydrogen) atoms. The van der Waals surface area contributed by atoms with Crippen LogP contribution in [0.3, 0.4) is 0 Å². The molecule has 0 radical (unpaired) electrons. The van der Waals surface area contributed by atoms with Gasteiger partial charge < -0.3 is 4.74 Å². The molecule has 3 heteroatoms. The van der Waals surface area contributed by atoms with E-state index in [4.69, 9.17) is 15.3 Å². The number of rotatable bonds is 2. The molecule has 1 aromatic carbocycles. The van der Waals surface area contributed by atoms with Crippen LogP contribution in [0.25, 0.3) is 6.08 Å². The second-order valence-electron chi connectivity index (χ2n) is 5.16. The number of ether oxygens (including phenoxy) is 1. The molecular formula is C19H16N2O. The fourth-order valence-corrected chi connectivity index (χ4v) is 2.11. The van der Waals surface area contributed by atoms with Crippen LogP contribution >= 0.6 is 0 Å². The minimum Gasteiger partial charge on any atom is -0.462 e. The highest BCUT2D eigenvalue weighted by molar-refractivity contribution is 5.60. The standard InChI is InChI=1S/C19H16N2O/c1-13-4-6-16(7-5-13)8-14(2)19-10-17(9-15(3)22-19)18(11-20)12-21/h4-10H,1-3H3. The molecular weight excluding hydrogens is 272 g/mol. The van der Waals surface area contributed by atoms with Crippen LogP contribution in [-0.4, -0.2) is 0 Å². The summed E-state index contributed by atoms with van der Waals surface area (Å²) in [6, 6.07) is 12.0. The Bertz CT molecular complexity index is 775. The third kappa shape index (κ3) is 3.53. The largest absolute Gasteiger partial charge is 0.462 e. The summed E-state index contributed by atoms with van der Waals surface area (Å²) in [5, 5.41) is 18.0. The van der Waals surface area contributed by atoms with Gasteiger partial charge in [0.05, 0.1) is 0 Å². The maximum atomic E-state index is 9.01. The molecule has 1 aliphatic heterocycles. The smallest absolute Gasteiger partial charge is 0.137 e. The minimum atomic E-state index is 0.0864. The first-order valence-corrected chi connectivity index (χ1v) is 6.91. The van der Waals surface area contributed by atoms with Crippen molar-refractivity contribution in [1.29, 1.82) is 10.5 Å². The van der Waals surface area contributed by atoms with Crippen LogP contribution in [0.1, 0.15) is 25.0 Å². The van der Waals surface area contributed by atoms with Crippen LogP contribution in [0.5, 0.6) is 0 Å². The van der Waals surface area contributed by atoms with E-state index in [1.54, 1.807) is 19.1 Å². The average Bonchev–Trinajstić information content (AvgIpc) is 2.50. The highest BCUT2D eigenvalue weighted by Crippen LogP contribution is 2.26. The molecule has 108 valence electrons. The van der Waals surface area contributed by atoms with Crippen molar-refractivity contribution in [2.24, 2.45) is 0 Å². The summed E-state index contributed by atoms with van der Waals surface area (Å²) >= 11 is 0. The van der Waals surface area contributed by atoms with Crippen LogP contribution in [0.2, 0.25) is 0 Å². The summed E-state index contributed by atoms with van der Waals surface area (Å²) in [5.74, 6) is 1.31. The Kier molecular flexibility index (Phi) is 4.61. The van der Waals surface area contributed by atoms with Crippen molar-refractivity contribution >= 4 is 6.08 Å². The van der Waals surface area contributed by atoms with Gasteiger partial charge in [-0.2, -0.15) is 10.5 Å². The van der Waals surface area contributed by atoms with E-state index < -0.39 is 0 Å². The van der Waals surface area contributed by atoms with Gasteiger partial charge in [-0.15, -0.1) is 0 Å². The normalized spacial score (nSPS) is 14.2. The molecule has 0 unspecified atom stereocenters. The Morgan fingerprint density at radius 1 is 1.05 bits per heavy atom. The van der Waals surface area contributed by atoms with E-state index in [0.717, 1.165) is 11.1 Å². The summed E-state index contributed by atoms with van der Waals surface area (Å²) in [6.45, 7) is 5.79. The Labute approximate surface area is 130 Å². The number of aryl methyl sites for hydroxylation is 1. The Morgan fingerprint density at radius 3 is 2.27 bits per heavy atom. The lowest BCUT2D eigenvalue weighted by Crippen LogP contribution is -2.00. The highest BCUT2D eigenvalue weighted by Gasteiger charge is 2.13. The summed E-state index contributed by atoms with van der Waals surface area (Å²) < 4.78 is 5.71. The van der Waals surface area contributed by atoms with E-state index in [1.807, 2.05) is 44.2 Å². The van der Waals surface area contributed by atoms with Gasteiger partial charge in [-0.05, 0) is 50.1 Å². The van der Waals surface area contributed by atoms with Gasteiger partial charge in [-0.1, -0.05) is 29.8 Å². The molecule has 0 amide bonds. The molecule has 3 nitrogen and oxygen atoms in total. The van der Waals surface area contributed by atoms with Crippen molar-refractivity contribution in [3.63, 3.8) is 0 Å². The summed E-state index contributed by atoms with van der Waals surface area (Å²) in [4.78, 5) is 0. The molecule has 1 aromatic rings. The minimum absolute atomic E-state index is 0.0864. The predicted octanol–water partition coefficient (Wildman–Crippen LogP) is 4.56. The first kappa shape index (κ1) is 15.4. The Balaban J connectivity index is 2.40. The predicted molar refractivity (Wildman–Crippen MR) is 86.0 cm³/mol. The average molecular weight is 288 g/mol. The number of hydrogen-bond donors (Lipinski definition) is 0. The molecule has 0 aromatic heterocycles. The van der Waals surface area contributed by atoms with E-state index >= 15 is 0 Å². The molecule has 0 atom stereocenters. The molecule has 0 fully saturated rings. The van der Waals surface area contributed by atoms with Crippen LogP contribution in [0, 0.1) is 29.6 Å². The van der Waals surface area contributed by atoms with E-state index in [0.29, 0.717) is 17.1 Å². The fraction of sp³-hybridized carbons (Fsp3) is 0.158. The molecule has 0 spiro atoms. The van der Waals surface area contributed by atoms with Crippen LogP contribution in [0.15, 0.2) is 64.7 Å². The third-order valence-electron chi connectivity index (χ3n) is 3.28. The van der Waals surface area contributed by atoms with Gasteiger partial charge in [0, 0.05) is 5.57 Å². The maximum absolute atomic E-state index is 9.01. The molecule has 0 N–H and O–H groups in total. The summed E-state index contributed by atoms with van der Waals surface area (Å²) in [6.07, 6.45) is 5.44. The molecule has 1 heterocycles. The number of nitriles is 2. The van der Waals surface area contributed by atoms with Gasteiger partial charge in [0.1, 0.15) is 29.2 Å². The number of nitrogens with zero attached hydrogens (tertiary/aromatic N) is 2. The molecule has 0 aliphatic carbocycles. The lowest BCUT2D eigenvalue weighted by molar-refractivity contribution is 0.312. The first-order valence-electron chi connectivity index (χ1n) is 6.91. The molecule has 0 bridgehead atoms. The molecule has 2 rings (SSSR count). The fourth-order valence-electron chi connectivity index (χ4n) is 2.11. The Hall–Kier alpha value is -3.04. The number of allylic oxidation sites excluding steroid dienone is 6. The first-order chi connectivity index (χ1) is 10.5. The van der Waals surface area contributed by atoms with Gasteiger partial charge in [-0.3, -0.25) is 0 Å². The maximum Gasteiger partial charge on any atom is 0.137 e. The van der Waals surface area contributed by atoms with Crippen molar-refractivity contribution in [3.8, 4) is 12.1 Å². The van der Waals surface area contributed by atoms with E-state index in [2.05, 4.69) is 12.1 Å². The monoisotopic (exact) mass is 288 g/mol. The topological polar surface area (TPSA) is 56.8 Å². The number of hydrogen-bond acceptors (Lipinski definition) is 3. The SMILES string of the molecule is CC1=CC(=C(C#N)C#N)C=C(C(C)=Cc2ccc(C)cc2)O1. The molecule has 1 aliphatic rings. The van der Waals surface area contributed by atoms with Gasteiger partial charge in [-0.25, -0.2) is 0 Å². The van der Waals surface area contributed by atoms with Crippen molar-refractivity contribution in [2.45, 2.75) is 20.8 Å². The van der Waals surface area contributed by atoms with Gasteiger partial charge >= 0.3 is 0 Å². The third-order valence-corrected chi connectivity index (χ3v) is 3.28. The van der Waals surface area contributed by atoms with Gasteiger partial charge in [0.15, 0.2) is 0 Å². The summed E-state index contributed by atoms with van der Waals surface area (Å²) in [5.41, 5.74) is 3.89. The van der Waals surface area contributed by atoms with Gasteiger partial charge in [0.2, 0.25) is 0 Å². The quantitative estimate of drug-likeness (QED) is 0.749. The summed E-state index contributed by atoms with van der Waals surface area (Å²) in [7, 11) is 0. The lowest BCUT2D eigenvalue weighted by Gasteiger charge is -2.16. The van der Waals surface area contributed by atoms with Crippen molar-refractivity contribution in [2.75, 3.05) is 0 Å².